The Kier molecular flexibility index (Phi) is 11.3. The monoisotopic (exact) mass is 575 g/mol. The number of anilines is 1. The van der Waals surface area contributed by atoms with E-state index in [0.29, 0.717) is 27.2 Å². The number of halogens is 3. The standard InChI is InChI=1S/C25H32Cl3N3O4S/c1-5-23(25(33)29-17(2)3)30(16-18-11-12-21(27)22(28)14-18)24(32)10-7-13-31(36(4,34)35)20-9-6-8-19(26)15-20/h6,8-9,11-12,14-15,17,23H,5,7,10,13,16H2,1-4H3,(H,29,33). The lowest BCUT2D eigenvalue weighted by Gasteiger charge is -2.31. The molecule has 0 saturated heterocycles. The van der Waals surface area contributed by atoms with Crippen molar-refractivity contribution in [2.75, 3.05) is 17.1 Å². The number of benzene rings is 2. The predicted octanol–water partition coefficient (Wildman–Crippen LogP) is 5.53. The first kappa shape index (κ1) is 30.2. The van der Waals surface area contributed by atoms with Crippen LogP contribution in [0.2, 0.25) is 15.1 Å². The van der Waals surface area contributed by atoms with Crippen molar-refractivity contribution >= 4 is 62.3 Å². The van der Waals surface area contributed by atoms with Gasteiger partial charge in [-0.15, -0.1) is 0 Å². The van der Waals surface area contributed by atoms with Crippen LogP contribution in [0, 0.1) is 0 Å². The van der Waals surface area contributed by atoms with Gasteiger partial charge in [-0.2, -0.15) is 0 Å². The van der Waals surface area contributed by atoms with Crippen molar-refractivity contribution in [3.05, 3.63) is 63.1 Å². The number of hydrogen-bond donors (Lipinski definition) is 1. The highest BCUT2D eigenvalue weighted by atomic mass is 35.5. The second kappa shape index (κ2) is 13.5. The number of carbonyl (C=O) groups excluding carboxylic acids is 2. The van der Waals surface area contributed by atoms with Gasteiger partial charge in [0.2, 0.25) is 21.8 Å². The summed E-state index contributed by atoms with van der Waals surface area (Å²) >= 11 is 18.2. The smallest absolute Gasteiger partial charge is 0.243 e. The van der Waals surface area contributed by atoms with Crippen LogP contribution in [-0.4, -0.2) is 50.0 Å². The molecule has 0 aromatic heterocycles. The van der Waals surface area contributed by atoms with E-state index in [1.165, 1.54) is 9.21 Å². The molecule has 0 aliphatic carbocycles. The number of sulfonamides is 1. The molecule has 2 aromatic carbocycles. The van der Waals surface area contributed by atoms with Crippen LogP contribution in [0.15, 0.2) is 42.5 Å². The van der Waals surface area contributed by atoms with Crippen LogP contribution in [0.25, 0.3) is 0 Å². The van der Waals surface area contributed by atoms with E-state index in [9.17, 15) is 18.0 Å². The minimum Gasteiger partial charge on any atom is -0.352 e. The molecule has 2 amide bonds. The molecule has 1 unspecified atom stereocenters. The first-order valence-corrected chi connectivity index (χ1v) is 14.6. The maximum Gasteiger partial charge on any atom is 0.243 e. The second-order valence-electron chi connectivity index (χ2n) is 8.78. The van der Waals surface area contributed by atoms with Crippen molar-refractivity contribution in [1.29, 1.82) is 0 Å². The minimum atomic E-state index is -3.60. The van der Waals surface area contributed by atoms with Gasteiger partial charge in [0, 0.05) is 30.6 Å². The van der Waals surface area contributed by atoms with Gasteiger partial charge in [-0.3, -0.25) is 13.9 Å². The Labute approximate surface area is 228 Å². The molecule has 2 aromatic rings. The number of nitrogens with one attached hydrogen (secondary N) is 1. The lowest BCUT2D eigenvalue weighted by molar-refractivity contribution is -0.141. The van der Waals surface area contributed by atoms with Crippen molar-refractivity contribution in [2.45, 2.75) is 58.7 Å². The summed E-state index contributed by atoms with van der Waals surface area (Å²) in [5.74, 6) is -0.524. The summed E-state index contributed by atoms with van der Waals surface area (Å²) in [7, 11) is -3.60. The predicted molar refractivity (Wildman–Crippen MR) is 147 cm³/mol. The quantitative estimate of drug-likeness (QED) is 0.360. The highest BCUT2D eigenvalue weighted by Gasteiger charge is 2.29. The Morgan fingerprint density at radius 2 is 1.72 bits per heavy atom. The highest BCUT2D eigenvalue weighted by Crippen LogP contribution is 2.25. The zero-order valence-corrected chi connectivity index (χ0v) is 23.9. The Morgan fingerprint density at radius 1 is 1.03 bits per heavy atom. The van der Waals surface area contributed by atoms with Crippen LogP contribution in [0.4, 0.5) is 5.69 Å². The molecular weight excluding hydrogens is 545 g/mol. The van der Waals surface area contributed by atoms with Crippen molar-refractivity contribution < 1.29 is 18.0 Å². The Bertz CT molecular complexity index is 1170. The largest absolute Gasteiger partial charge is 0.352 e. The molecule has 0 bridgehead atoms. The fraction of sp³-hybridized carbons (Fsp3) is 0.440. The zero-order valence-electron chi connectivity index (χ0n) is 20.8. The average molecular weight is 577 g/mol. The first-order chi connectivity index (χ1) is 16.8. The van der Waals surface area contributed by atoms with E-state index in [2.05, 4.69) is 5.32 Å². The SMILES string of the molecule is CCC(C(=O)NC(C)C)N(Cc1ccc(Cl)c(Cl)c1)C(=O)CCCN(c1cccc(Cl)c1)S(C)(=O)=O. The maximum absolute atomic E-state index is 13.4. The molecule has 0 spiro atoms. The van der Waals surface area contributed by atoms with Crippen LogP contribution in [-0.2, 0) is 26.2 Å². The van der Waals surface area contributed by atoms with E-state index < -0.39 is 16.1 Å². The Hall–Kier alpha value is -2.00. The second-order valence-corrected chi connectivity index (χ2v) is 11.9. The Balaban J connectivity index is 2.24. The molecule has 11 heteroatoms. The molecule has 7 nitrogen and oxygen atoms in total. The van der Waals surface area contributed by atoms with E-state index in [1.54, 1.807) is 42.5 Å². The Morgan fingerprint density at radius 3 is 2.28 bits per heavy atom. The van der Waals surface area contributed by atoms with Gasteiger partial charge in [0.05, 0.1) is 22.0 Å². The summed E-state index contributed by atoms with van der Waals surface area (Å²) in [5.41, 5.74) is 1.15. The summed E-state index contributed by atoms with van der Waals surface area (Å²) in [6, 6.07) is 10.8. The topological polar surface area (TPSA) is 86.8 Å². The van der Waals surface area contributed by atoms with Crippen LogP contribution in [0.5, 0.6) is 0 Å². The van der Waals surface area contributed by atoms with Gasteiger partial charge in [0.15, 0.2) is 0 Å². The van der Waals surface area contributed by atoms with Gasteiger partial charge in [-0.25, -0.2) is 8.42 Å². The third kappa shape index (κ3) is 8.83. The van der Waals surface area contributed by atoms with Crippen LogP contribution in [0.1, 0.15) is 45.6 Å². The third-order valence-corrected chi connectivity index (χ3v) is 7.57. The molecule has 0 aliphatic rings. The fourth-order valence-electron chi connectivity index (χ4n) is 3.77. The summed E-state index contributed by atoms with van der Waals surface area (Å²) in [6.07, 6.45) is 1.80. The molecule has 0 fully saturated rings. The zero-order chi connectivity index (χ0) is 27.0. The van der Waals surface area contributed by atoms with Crippen molar-refractivity contribution in [1.82, 2.24) is 10.2 Å². The number of carbonyl (C=O) groups is 2. The molecule has 0 saturated carbocycles. The minimum absolute atomic E-state index is 0.0410. The molecule has 0 aliphatic heterocycles. The molecule has 36 heavy (non-hydrogen) atoms. The number of hydrogen-bond acceptors (Lipinski definition) is 4. The summed E-state index contributed by atoms with van der Waals surface area (Å²) < 4.78 is 26.0. The third-order valence-electron chi connectivity index (χ3n) is 5.40. The summed E-state index contributed by atoms with van der Waals surface area (Å²) in [5, 5.41) is 4.03. The molecule has 198 valence electrons. The van der Waals surface area contributed by atoms with E-state index in [1.807, 2.05) is 20.8 Å². The van der Waals surface area contributed by atoms with Crippen molar-refractivity contribution in [2.24, 2.45) is 0 Å². The molecular formula is C25H32Cl3N3O4S. The normalized spacial score (nSPS) is 12.3. The highest BCUT2D eigenvalue weighted by molar-refractivity contribution is 7.92. The maximum atomic E-state index is 13.4. The number of amides is 2. The van der Waals surface area contributed by atoms with Gasteiger partial charge in [-0.05, 0) is 62.6 Å². The molecule has 0 radical (unpaired) electrons. The molecule has 1 atom stereocenters. The van der Waals surface area contributed by atoms with Crippen LogP contribution in [0.3, 0.4) is 0 Å². The molecule has 2 rings (SSSR count). The van der Waals surface area contributed by atoms with Gasteiger partial charge < -0.3 is 10.2 Å². The van der Waals surface area contributed by atoms with Crippen LogP contribution >= 0.6 is 34.8 Å². The van der Waals surface area contributed by atoms with Crippen molar-refractivity contribution in [3.63, 3.8) is 0 Å². The molecule has 0 heterocycles. The summed E-state index contributed by atoms with van der Waals surface area (Å²) in [4.78, 5) is 27.8. The van der Waals surface area contributed by atoms with Gasteiger partial charge in [0.1, 0.15) is 6.04 Å². The van der Waals surface area contributed by atoms with Gasteiger partial charge in [0.25, 0.3) is 0 Å². The van der Waals surface area contributed by atoms with Gasteiger partial charge in [-0.1, -0.05) is 53.9 Å². The molecule has 1 N–H and O–H groups in total. The van der Waals surface area contributed by atoms with E-state index in [0.717, 1.165) is 11.8 Å². The fourth-order valence-corrected chi connectivity index (χ4v) is 5.23. The lowest BCUT2D eigenvalue weighted by atomic mass is 10.1. The number of nitrogens with zero attached hydrogens (tertiary/aromatic N) is 2. The number of rotatable bonds is 12. The van der Waals surface area contributed by atoms with Crippen LogP contribution < -0.4 is 9.62 Å². The van der Waals surface area contributed by atoms with Gasteiger partial charge >= 0.3 is 0 Å². The summed E-state index contributed by atoms with van der Waals surface area (Å²) in [6.45, 7) is 5.78. The van der Waals surface area contributed by atoms with Crippen molar-refractivity contribution in [3.8, 4) is 0 Å². The lowest BCUT2D eigenvalue weighted by Crippen LogP contribution is -2.50. The average Bonchev–Trinajstić information content (AvgIpc) is 2.77. The van der Waals surface area contributed by atoms with E-state index >= 15 is 0 Å². The van der Waals surface area contributed by atoms with E-state index in [-0.39, 0.29) is 43.8 Å². The first-order valence-electron chi connectivity index (χ1n) is 11.6. The van der Waals surface area contributed by atoms with E-state index in [4.69, 9.17) is 34.8 Å².